The number of nitrogens with one attached hydrogen (secondary N) is 1. The molecule has 1 saturated heterocycles. The van der Waals surface area contributed by atoms with Crippen molar-refractivity contribution in [3.05, 3.63) is 72.1 Å². The van der Waals surface area contributed by atoms with Gasteiger partial charge < -0.3 is 15.6 Å². The third-order valence-electron chi connectivity index (χ3n) is 5.70. The molecule has 1 aromatic carbocycles. The first kappa shape index (κ1) is 22.4. The molecular weight excluding hydrogens is 425 g/mol. The van der Waals surface area contributed by atoms with Gasteiger partial charge in [0, 0.05) is 51.3 Å². The Balaban J connectivity index is 1.51. The lowest BCUT2D eigenvalue weighted by molar-refractivity contribution is -0.126. The van der Waals surface area contributed by atoms with Gasteiger partial charge in [-0.2, -0.15) is 0 Å². The number of halogens is 1. The zero-order chi connectivity index (χ0) is 23.4. The molecule has 9 nitrogen and oxygen atoms in total. The maximum Gasteiger partial charge on any atom is 0.295 e. The first-order chi connectivity index (χ1) is 16.0. The average Bonchev–Trinajstić information content (AvgIpc) is 3.14. The third kappa shape index (κ3) is 4.71. The Hall–Kier alpha value is -3.76. The summed E-state index contributed by atoms with van der Waals surface area (Å²) in [5.41, 5.74) is 6.72. The summed E-state index contributed by atoms with van der Waals surface area (Å²) >= 11 is 0. The number of nitrogens with two attached hydrogens (primary N) is 2. The van der Waals surface area contributed by atoms with Gasteiger partial charge in [-0.3, -0.25) is 19.5 Å². The first-order valence-electron chi connectivity index (χ1n) is 10.7. The van der Waals surface area contributed by atoms with Crippen molar-refractivity contribution in [3.63, 3.8) is 0 Å². The van der Waals surface area contributed by atoms with Crippen LogP contribution in [0.15, 0.2) is 55.1 Å². The van der Waals surface area contributed by atoms with E-state index in [0.717, 1.165) is 30.7 Å². The molecule has 0 spiro atoms. The highest BCUT2D eigenvalue weighted by Crippen LogP contribution is 2.28. The summed E-state index contributed by atoms with van der Waals surface area (Å²) in [6.07, 6.45) is 5.57. The van der Waals surface area contributed by atoms with Gasteiger partial charge in [0.2, 0.25) is 0 Å². The van der Waals surface area contributed by atoms with E-state index >= 15 is 0 Å². The number of Topliss-reactive ketones (excluding diaryl/α,β-unsaturated/α-hetero) is 1. The van der Waals surface area contributed by atoms with Gasteiger partial charge in [-0.15, -0.1) is 0 Å². The standard InChI is InChI=1S/C23H26FN7O2/c24-18-14-28-22(31(26)10-7-25)20-19(18)17(13-27-20)21(32)23(33)30-9-4-8-29(11-12-30)15-16-5-2-1-3-6-16/h1-3,5-7,10,13-14,27H,4,8-9,11-12,15,25-26H2/b10-7-. The molecule has 1 aliphatic rings. The van der Waals surface area contributed by atoms with Gasteiger partial charge in [-0.25, -0.2) is 15.2 Å². The van der Waals surface area contributed by atoms with E-state index in [4.69, 9.17) is 11.6 Å². The van der Waals surface area contributed by atoms with E-state index in [-0.39, 0.29) is 22.3 Å². The molecule has 0 aliphatic carbocycles. The van der Waals surface area contributed by atoms with Crippen molar-refractivity contribution in [2.45, 2.75) is 13.0 Å². The number of amides is 1. The number of pyridine rings is 1. The highest BCUT2D eigenvalue weighted by molar-refractivity contribution is 6.45. The monoisotopic (exact) mass is 451 g/mol. The molecule has 1 aliphatic heterocycles. The molecule has 0 saturated carbocycles. The van der Waals surface area contributed by atoms with Gasteiger partial charge in [0.15, 0.2) is 11.6 Å². The van der Waals surface area contributed by atoms with E-state index in [1.807, 2.05) is 18.2 Å². The number of nitrogens with zero attached hydrogens (tertiary/aromatic N) is 4. The van der Waals surface area contributed by atoms with Gasteiger partial charge in [0.05, 0.1) is 22.7 Å². The predicted molar refractivity (Wildman–Crippen MR) is 123 cm³/mol. The summed E-state index contributed by atoms with van der Waals surface area (Å²) in [6, 6.07) is 10.1. The quantitative estimate of drug-likeness (QED) is 0.226. The van der Waals surface area contributed by atoms with Crippen LogP contribution < -0.4 is 16.6 Å². The summed E-state index contributed by atoms with van der Waals surface area (Å²) in [5, 5.41) is 1.07. The summed E-state index contributed by atoms with van der Waals surface area (Å²) in [6.45, 7) is 3.15. The Bertz CT molecular complexity index is 1180. The fourth-order valence-corrected chi connectivity index (χ4v) is 4.07. The number of rotatable bonds is 6. The van der Waals surface area contributed by atoms with Gasteiger partial charge in [-0.1, -0.05) is 30.3 Å². The molecule has 4 rings (SSSR count). The van der Waals surface area contributed by atoms with E-state index in [1.165, 1.54) is 24.2 Å². The number of carbonyl (C=O) groups is 2. The largest absolute Gasteiger partial charge is 0.403 e. The van der Waals surface area contributed by atoms with E-state index in [1.54, 1.807) is 4.90 Å². The molecule has 3 aromatic rings. The molecule has 0 bridgehead atoms. The third-order valence-corrected chi connectivity index (χ3v) is 5.70. The van der Waals surface area contributed by atoms with Crippen LogP contribution in [0.1, 0.15) is 22.3 Å². The zero-order valence-electron chi connectivity index (χ0n) is 18.1. The van der Waals surface area contributed by atoms with E-state index in [9.17, 15) is 14.0 Å². The van der Waals surface area contributed by atoms with Crippen LogP contribution in [0.3, 0.4) is 0 Å². The number of hydrazine groups is 1. The normalized spacial score (nSPS) is 15.2. The molecule has 1 amide bonds. The number of aromatic amines is 1. The summed E-state index contributed by atoms with van der Waals surface area (Å²) < 4.78 is 14.6. The van der Waals surface area contributed by atoms with Gasteiger partial charge in [-0.05, 0) is 12.0 Å². The molecule has 5 N–H and O–H groups in total. The van der Waals surface area contributed by atoms with Crippen molar-refractivity contribution in [2.75, 3.05) is 31.2 Å². The topological polar surface area (TPSA) is 125 Å². The number of anilines is 1. The van der Waals surface area contributed by atoms with Crippen LogP contribution in [0.4, 0.5) is 10.2 Å². The number of carbonyl (C=O) groups excluding carboxylic acids is 2. The second-order valence-electron chi connectivity index (χ2n) is 7.87. The fraction of sp³-hybridized carbons (Fsp3) is 0.261. The van der Waals surface area contributed by atoms with Crippen LogP contribution in [0.5, 0.6) is 0 Å². The predicted octanol–water partition coefficient (Wildman–Crippen LogP) is 1.73. The Morgan fingerprint density at radius 1 is 1.18 bits per heavy atom. The highest BCUT2D eigenvalue weighted by atomic mass is 19.1. The molecule has 172 valence electrons. The first-order valence-corrected chi connectivity index (χ1v) is 10.7. The Kier molecular flexibility index (Phi) is 6.66. The fourth-order valence-electron chi connectivity index (χ4n) is 4.07. The smallest absolute Gasteiger partial charge is 0.295 e. The maximum absolute atomic E-state index is 14.6. The second-order valence-corrected chi connectivity index (χ2v) is 7.87. The summed E-state index contributed by atoms with van der Waals surface area (Å²) in [5.74, 6) is 3.89. The molecule has 2 aromatic heterocycles. The van der Waals surface area contributed by atoms with Crippen molar-refractivity contribution in [2.24, 2.45) is 11.6 Å². The number of ketones is 1. The zero-order valence-corrected chi connectivity index (χ0v) is 18.1. The Morgan fingerprint density at radius 3 is 2.73 bits per heavy atom. The number of hydrogen-bond acceptors (Lipinski definition) is 7. The van der Waals surface area contributed by atoms with Crippen LogP contribution in [-0.4, -0.2) is 57.6 Å². The molecule has 33 heavy (non-hydrogen) atoms. The van der Waals surface area contributed by atoms with Crippen molar-refractivity contribution >= 4 is 28.4 Å². The minimum Gasteiger partial charge on any atom is -0.403 e. The van der Waals surface area contributed by atoms with Gasteiger partial charge >= 0.3 is 0 Å². The number of benzene rings is 1. The van der Waals surface area contributed by atoms with Crippen LogP contribution in [0.2, 0.25) is 0 Å². The van der Waals surface area contributed by atoms with Crippen molar-refractivity contribution in [3.8, 4) is 0 Å². The van der Waals surface area contributed by atoms with Crippen LogP contribution in [-0.2, 0) is 11.3 Å². The molecule has 10 heteroatoms. The minimum atomic E-state index is -0.772. The highest BCUT2D eigenvalue weighted by Gasteiger charge is 2.29. The van der Waals surface area contributed by atoms with Crippen molar-refractivity contribution in [1.29, 1.82) is 0 Å². The molecular formula is C23H26FN7O2. The lowest BCUT2D eigenvalue weighted by atomic mass is 10.1. The molecule has 0 atom stereocenters. The molecule has 0 unspecified atom stereocenters. The Labute approximate surface area is 190 Å². The van der Waals surface area contributed by atoms with Crippen molar-refractivity contribution in [1.82, 2.24) is 19.8 Å². The average molecular weight is 452 g/mol. The summed E-state index contributed by atoms with van der Waals surface area (Å²) in [4.78, 5) is 36.7. The molecule has 0 radical (unpaired) electrons. The number of H-pyrrole nitrogens is 1. The number of aromatic nitrogens is 2. The lowest BCUT2D eigenvalue weighted by Crippen LogP contribution is -2.39. The number of hydrogen-bond donors (Lipinski definition) is 3. The maximum atomic E-state index is 14.6. The Morgan fingerprint density at radius 2 is 1.97 bits per heavy atom. The van der Waals surface area contributed by atoms with Gasteiger partial charge in [0.1, 0.15) is 0 Å². The van der Waals surface area contributed by atoms with Crippen molar-refractivity contribution < 1.29 is 14.0 Å². The van der Waals surface area contributed by atoms with E-state index < -0.39 is 17.5 Å². The molecule has 3 heterocycles. The minimum absolute atomic E-state index is 0.0280. The van der Waals surface area contributed by atoms with E-state index in [2.05, 4.69) is 27.0 Å². The van der Waals surface area contributed by atoms with E-state index in [0.29, 0.717) is 19.6 Å². The van der Waals surface area contributed by atoms with Crippen LogP contribution >= 0.6 is 0 Å². The number of fused-ring (bicyclic) bond motifs is 1. The second kappa shape index (κ2) is 9.80. The SMILES string of the molecule is N/C=C\N(N)c1ncc(F)c2c(C(=O)C(=O)N3CCCN(Cc4ccccc4)CC3)c[nH]c12. The van der Waals surface area contributed by atoms with Crippen LogP contribution in [0.25, 0.3) is 10.9 Å². The van der Waals surface area contributed by atoms with Crippen LogP contribution in [0, 0.1) is 5.82 Å². The summed E-state index contributed by atoms with van der Waals surface area (Å²) in [7, 11) is 0. The van der Waals surface area contributed by atoms with Gasteiger partial charge in [0.25, 0.3) is 11.7 Å². The lowest BCUT2D eigenvalue weighted by Gasteiger charge is -2.21. The molecule has 1 fully saturated rings.